The second-order valence-electron chi connectivity index (χ2n) is 2.26. The van der Waals surface area contributed by atoms with Crippen molar-refractivity contribution in [1.29, 1.82) is 0 Å². The lowest BCUT2D eigenvalue weighted by molar-refractivity contribution is 1.15. The average molecular weight is 201 g/mol. The van der Waals surface area contributed by atoms with Gasteiger partial charge >= 0.3 is 0 Å². The quantitative estimate of drug-likeness (QED) is 0.567. The maximum absolute atomic E-state index is 5.13. The fraction of sp³-hybridized carbons (Fsp3) is 0.250. The Bertz CT molecular complexity index is 271. The minimum absolute atomic E-state index is 0.644. The van der Waals surface area contributed by atoms with Crippen LogP contribution in [-0.2, 0) is 18.2 Å². The molecule has 58 valence electrons. The van der Waals surface area contributed by atoms with Crippen LogP contribution >= 0.6 is 18.1 Å². The highest BCUT2D eigenvalue weighted by molar-refractivity contribution is 8.58. The first kappa shape index (κ1) is 9.18. The molecule has 0 nitrogen and oxygen atoms in total. The van der Waals surface area contributed by atoms with Crippen LogP contribution in [0.3, 0.4) is 0 Å². The van der Waals surface area contributed by atoms with Crippen LogP contribution in [0.4, 0.5) is 0 Å². The minimum atomic E-state index is -0.644. The van der Waals surface area contributed by atoms with E-state index in [4.69, 9.17) is 11.8 Å². The summed E-state index contributed by atoms with van der Waals surface area (Å²) in [6.07, 6.45) is 1.05. The molecule has 3 heteroatoms. The van der Waals surface area contributed by atoms with Gasteiger partial charge in [0.25, 0.3) is 5.90 Å². The number of hydrogen-bond donors (Lipinski definition) is 1. The molecular weight excluding hydrogens is 191 g/mol. The summed E-state index contributed by atoms with van der Waals surface area (Å²) in [5.41, 5.74) is 1.34. The molecule has 0 bridgehead atoms. The lowest BCUT2D eigenvalue weighted by Gasteiger charge is -1.94. The third-order valence-corrected chi connectivity index (χ3v) is 3.66. The van der Waals surface area contributed by atoms with Crippen LogP contribution in [0, 0.1) is 0 Å². The smallest absolute Gasteiger partial charge is 0.0617 e. The van der Waals surface area contributed by atoms with Crippen LogP contribution in [-0.4, -0.2) is 0 Å². The van der Waals surface area contributed by atoms with E-state index in [0.717, 1.165) is 6.42 Å². The lowest BCUT2D eigenvalue weighted by Crippen LogP contribution is -2.01. The van der Waals surface area contributed by atoms with E-state index in [1.54, 1.807) is 0 Å². The van der Waals surface area contributed by atoms with E-state index in [1.165, 1.54) is 10.9 Å². The maximum Gasteiger partial charge on any atom is 0.280 e. The predicted octanol–water partition coefficient (Wildman–Crippen LogP) is 2.66. The van der Waals surface area contributed by atoms with Gasteiger partial charge in [-0.3, -0.25) is 0 Å². The highest BCUT2D eigenvalue weighted by Gasteiger charge is 2.12. The molecule has 0 heterocycles. The highest BCUT2D eigenvalue weighted by atomic mass is 32.9. The topological polar surface area (TPSA) is 0 Å². The number of benzene rings is 1. The van der Waals surface area contributed by atoms with Gasteiger partial charge in [0, 0.05) is 5.56 Å². The van der Waals surface area contributed by atoms with E-state index >= 15 is 0 Å². The summed E-state index contributed by atoms with van der Waals surface area (Å²) in [7, 11) is 0. The zero-order valence-corrected chi connectivity index (χ0v) is 8.92. The van der Waals surface area contributed by atoms with Gasteiger partial charge < -0.3 is 0 Å². The predicted molar refractivity (Wildman–Crippen MR) is 58.7 cm³/mol. The van der Waals surface area contributed by atoms with Gasteiger partial charge in [-0.15, -0.1) is 0 Å². The van der Waals surface area contributed by atoms with E-state index in [9.17, 15) is 0 Å². The second kappa shape index (κ2) is 4.20. The fourth-order valence-electron chi connectivity index (χ4n) is 0.996. The van der Waals surface area contributed by atoms with E-state index in [-0.39, 0.29) is 0 Å². The molecular formula is C8H10PS2+. The summed E-state index contributed by atoms with van der Waals surface area (Å²) in [4.78, 5) is 0. The van der Waals surface area contributed by atoms with Gasteiger partial charge in [0.15, 0.2) is 17.1 Å². The Hall–Kier alpha value is 0.0900. The van der Waals surface area contributed by atoms with Crippen LogP contribution in [0.5, 0.6) is 0 Å². The van der Waals surface area contributed by atoms with Gasteiger partial charge in [0.05, 0.1) is 12.2 Å². The monoisotopic (exact) mass is 201 g/mol. The molecule has 1 unspecified atom stereocenters. The minimum Gasteiger partial charge on any atom is -0.0617 e. The number of aryl methyl sites for hydroxylation is 1. The van der Waals surface area contributed by atoms with E-state index in [1.807, 2.05) is 12.1 Å². The van der Waals surface area contributed by atoms with Gasteiger partial charge in [0.1, 0.15) is 0 Å². The molecule has 0 amide bonds. The molecule has 1 atom stereocenters. The van der Waals surface area contributed by atoms with Crippen molar-refractivity contribution in [3.05, 3.63) is 29.8 Å². The number of thiol groups is 1. The average Bonchev–Trinajstić information content (AvgIpc) is 2.04. The zero-order chi connectivity index (χ0) is 8.27. The number of rotatable bonds is 2. The Kier molecular flexibility index (Phi) is 3.50. The molecule has 0 fully saturated rings. The molecule has 1 rings (SSSR count). The number of hydrogen-bond acceptors (Lipinski definition) is 1. The van der Waals surface area contributed by atoms with Crippen LogP contribution < -0.4 is 5.30 Å². The van der Waals surface area contributed by atoms with Crippen molar-refractivity contribution < 1.29 is 0 Å². The summed E-state index contributed by atoms with van der Waals surface area (Å²) in [6, 6.07) is 8.26. The van der Waals surface area contributed by atoms with Crippen molar-refractivity contribution in [2.45, 2.75) is 13.3 Å². The Labute approximate surface area is 78.6 Å². The van der Waals surface area contributed by atoms with Crippen molar-refractivity contribution in [2.24, 2.45) is 0 Å². The summed E-state index contributed by atoms with van der Waals surface area (Å²) in [5.74, 6) is -0.644. The molecule has 0 spiro atoms. The van der Waals surface area contributed by atoms with Gasteiger partial charge in [-0.1, -0.05) is 25.1 Å². The Morgan fingerprint density at radius 1 is 1.45 bits per heavy atom. The van der Waals surface area contributed by atoms with Crippen molar-refractivity contribution in [1.82, 2.24) is 0 Å². The molecule has 0 aliphatic rings. The van der Waals surface area contributed by atoms with Crippen molar-refractivity contribution in [3.8, 4) is 0 Å². The first-order valence-electron chi connectivity index (χ1n) is 3.49. The Morgan fingerprint density at radius 3 is 2.55 bits per heavy atom. The molecule has 11 heavy (non-hydrogen) atoms. The zero-order valence-electron chi connectivity index (χ0n) is 6.32. The normalized spacial score (nSPS) is 11.3. The largest absolute Gasteiger partial charge is 0.280 e. The SMILES string of the molecule is CCc1ccccc1[P+](=S)S. The molecule has 1 aromatic rings. The first-order valence-corrected chi connectivity index (χ1v) is 7.00. The first-order chi connectivity index (χ1) is 5.25. The van der Waals surface area contributed by atoms with Gasteiger partial charge in [0.2, 0.25) is 0 Å². The van der Waals surface area contributed by atoms with Crippen molar-refractivity contribution in [2.75, 3.05) is 0 Å². The third kappa shape index (κ3) is 2.26. The van der Waals surface area contributed by atoms with Crippen LogP contribution in [0.15, 0.2) is 24.3 Å². The van der Waals surface area contributed by atoms with Gasteiger partial charge in [-0.25, -0.2) is 0 Å². The van der Waals surface area contributed by atoms with Crippen molar-refractivity contribution >= 4 is 35.3 Å². The van der Waals surface area contributed by atoms with Crippen LogP contribution in [0.2, 0.25) is 0 Å². The summed E-state index contributed by atoms with van der Waals surface area (Å²) < 4.78 is 0. The van der Waals surface area contributed by atoms with E-state index in [0.29, 0.717) is 0 Å². The summed E-state index contributed by atoms with van der Waals surface area (Å²) >= 11 is 9.42. The maximum atomic E-state index is 5.13. The van der Waals surface area contributed by atoms with Crippen LogP contribution in [0.25, 0.3) is 0 Å². The fourth-order valence-corrected chi connectivity index (χ4v) is 2.81. The molecule has 0 saturated carbocycles. The molecule has 0 N–H and O–H groups in total. The van der Waals surface area contributed by atoms with Crippen molar-refractivity contribution in [3.63, 3.8) is 0 Å². The van der Waals surface area contributed by atoms with Gasteiger partial charge in [-0.2, -0.15) is 0 Å². The molecule has 0 radical (unpaired) electrons. The van der Waals surface area contributed by atoms with Gasteiger partial charge in [-0.05, 0) is 12.5 Å². The molecule has 0 saturated heterocycles. The van der Waals surface area contributed by atoms with E-state index in [2.05, 4.69) is 31.3 Å². The van der Waals surface area contributed by atoms with Crippen LogP contribution in [0.1, 0.15) is 12.5 Å². The summed E-state index contributed by atoms with van der Waals surface area (Å²) in [6.45, 7) is 2.14. The third-order valence-electron chi connectivity index (χ3n) is 1.58. The second-order valence-corrected chi connectivity index (χ2v) is 6.39. The molecule has 0 aliphatic carbocycles. The Morgan fingerprint density at radius 2 is 2.09 bits per heavy atom. The molecule has 0 aromatic heterocycles. The highest BCUT2D eigenvalue weighted by Crippen LogP contribution is 2.26. The van der Waals surface area contributed by atoms with E-state index < -0.39 is 5.90 Å². The lowest BCUT2D eigenvalue weighted by atomic mass is 10.2. The molecule has 1 aromatic carbocycles. The summed E-state index contributed by atoms with van der Waals surface area (Å²) in [5, 5.41) is 1.24. The Balaban J connectivity index is 3.12. The molecule has 0 aliphatic heterocycles. The standard InChI is InChI=1S/C8H9PS2/c1-2-7-5-3-4-6-8(7)9(10)11/h3-6H,2H2,1H3/p+1.